The summed E-state index contributed by atoms with van der Waals surface area (Å²) in [6.07, 6.45) is 1.16. The van der Waals surface area contributed by atoms with E-state index in [4.69, 9.17) is 24.5 Å². The van der Waals surface area contributed by atoms with Crippen LogP contribution in [-0.2, 0) is 25.7 Å². The SMILES string of the molecule is Cc1ncc([N+](=O)[O-])n1CCOC(=O)[C@@H](C)c1ccc(-c2ccccc2)c(F)c1.O=C(O)C(=O)O. The first-order chi connectivity index (χ1) is 16.5. The van der Waals surface area contributed by atoms with Crippen molar-refractivity contribution >= 4 is 23.7 Å². The molecule has 12 heteroatoms. The standard InChI is InChI=1S/C21H20FN3O4.C2H2O4/c1-14(17-8-9-18(19(22)12-17)16-6-4-3-5-7-16)21(26)29-11-10-24-15(2)23-13-20(24)25(27)28;3-1(4)2(5)6/h3-9,12-14H,10-11H2,1-2H3;(H,3,4)(H,5,6)/t14-;/m0./s1. The van der Waals surface area contributed by atoms with Crippen molar-refractivity contribution in [2.45, 2.75) is 26.3 Å². The lowest BCUT2D eigenvalue weighted by molar-refractivity contribution is -0.392. The average Bonchev–Trinajstić information content (AvgIpc) is 3.19. The number of benzene rings is 2. The highest BCUT2D eigenvalue weighted by molar-refractivity contribution is 6.27. The number of aromatic nitrogens is 2. The fourth-order valence-electron chi connectivity index (χ4n) is 3.03. The summed E-state index contributed by atoms with van der Waals surface area (Å²) in [6, 6.07) is 13.8. The Balaban J connectivity index is 0.000000641. The number of rotatable bonds is 7. The fourth-order valence-corrected chi connectivity index (χ4v) is 3.03. The third kappa shape index (κ3) is 7.19. The number of carbonyl (C=O) groups is 3. The van der Waals surface area contributed by atoms with Crippen molar-refractivity contribution in [1.29, 1.82) is 0 Å². The highest BCUT2D eigenvalue weighted by Gasteiger charge is 2.21. The number of ether oxygens (including phenoxy) is 1. The molecule has 35 heavy (non-hydrogen) atoms. The van der Waals surface area contributed by atoms with E-state index in [1.54, 1.807) is 26.0 Å². The van der Waals surface area contributed by atoms with E-state index in [-0.39, 0.29) is 19.0 Å². The molecule has 0 saturated carbocycles. The van der Waals surface area contributed by atoms with Crippen LogP contribution in [0.5, 0.6) is 0 Å². The molecule has 0 fully saturated rings. The summed E-state index contributed by atoms with van der Waals surface area (Å²) in [5, 5.41) is 25.8. The minimum absolute atomic E-state index is 0.0498. The zero-order valence-electron chi connectivity index (χ0n) is 18.8. The topological polar surface area (TPSA) is 162 Å². The number of aliphatic carboxylic acids is 2. The first-order valence-electron chi connectivity index (χ1n) is 10.2. The molecule has 0 aliphatic heterocycles. The average molecular weight is 487 g/mol. The highest BCUT2D eigenvalue weighted by atomic mass is 19.1. The molecule has 0 unspecified atom stereocenters. The molecule has 184 valence electrons. The Hall–Kier alpha value is -4.61. The van der Waals surface area contributed by atoms with Crippen LogP contribution >= 0.6 is 0 Å². The van der Waals surface area contributed by atoms with Crippen molar-refractivity contribution < 1.29 is 38.6 Å². The molecular weight excluding hydrogens is 465 g/mol. The van der Waals surface area contributed by atoms with Crippen LogP contribution in [-0.4, -0.2) is 49.2 Å². The van der Waals surface area contributed by atoms with E-state index < -0.39 is 34.6 Å². The largest absolute Gasteiger partial charge is 0.473 e. The van der Waals surface area contributed by atoms with Crippen molar-refractivity contribution in [3.63, 3.8) is 0 Å². The van der Waals surface area contributed by atoms with Gasteiger partial charge < -0.3 is 25.1 Å². The van der Waals surface area contributed by atoms with Gasteiger partial charge in [-0.15, -0.1) is 0 Å². The van der Waals surface area contributed by atoms with Crippen molar-refractivity contribution in [3.05, 3.63) is 82.0 Å². The molecule has 1 heterocycles. The van der Waals surface area contributed by atoms with E-state index in [2.05, 4.69) is 4.98 Å². The first kappa shape index (κ1) is 26.6. The van der Waals surface area contributed by atoms with Gasteiger partial charge >= 0.3 is 23.7 Å². The molecule has 1 aromatic heterocycles. The summed E-state index contributed by atoms with van der Waals surface area (Å²) in [5.74, 6) is -4.97. The summed E-state index contributed by atoms with van der Waals surface area (Å²) >= 11 is 0. The maximum atomic E-state index is 14.5. The van der Waals surface area contributed by atoms with Crippen LogP contribution in [0.1, 0.15) is 24.2 Å². The van der Waals surface area contributed by atoms with E-state index >= 15 is 0 Å². The van der Waals surface area contributed by atoms with Gasteiger partial charge in [0.15, 0.2) is 5.82 Å². The summed E-state index contributed by atoms with van der Waals surface area (Å²) in [7, 11) is 0. The Morgan fingerprint density at radius 1 is 1.14 bits per heavy atom. The Bertz CT molecular complexity index is 1210. The van der Waals surface area contributed by atoms with Gasteiger partial charge in [-0.3, -0.25) is 4.79 Å². The Morgan fingerprint density at radius 2 is 1.77 bits per heavy atom. The van der Waals surface area contributed by atoms with Gasteiger partial charge in [0.2, 0.25) is 0 Å². The van der Waals surface area contributed by atoms with E-state index in [0.29, 0.717) is 17.0 Å². The predicted octanol–water partition coefficient (Wildman–Crippen LogP) is 3.41. The van der Waals surface area contributed by atoms with Gasteiger partial charge in [0.1, 0.15) is 25.2 Å². The molecule has 0 saturated heterocycles. The van der Waals surface area contributed by atoms with Gasteiger partial charge in [0.25, 0.3) is 0 Å². The van der Waals surface area contributed by atoms with E-state index in [9.17, 15) is 19.3 Å². The number of carboxylic acid groups (broad SMARTS) is 2. The molecule has 0 radical (unpaired) electrons. The number of esters is 1. The molecule has 3 rings (SSSR count). The second-order valence-corrected chi connectivity index (χ2v) is 7.18. The maximum Gasteiger partial charge on any atom is 0.414 e. The van der Waals surface area contributed by atoms with E-state index in [1.807, 2.05) is 30.3 Å². The number of nitro groups is 1. The van der Waals surface area contributed by atoms with E-state index in [1.165, 1.54) is 10.6 Å². The van der Waals surface area contributed by atoms with Gasteiger partial charge in [-0.05, 0) is 29.0 Å². The molecule has 0 spiro atoms. The number of nitrogens with zero attached hydrogens (tertiary/aromatic N) is 3. The van der Waals surface area contributed by atoms with Gasteiger partial charge in [-0.2, -0.15) is 0 Å². The molecule has 0 bridgehead atoms. The lowest BCUT2D eigenvalue weighted by Crippen LogP contribution is -2.17. The summed E-state index contributed by atoms with van der Waals surface area (Å²) in [5.41, 5.74) is 1.71. The molecule has 0 aliphatic carbocycles. The van der Waals surface area contributed by atoms with Crippen LogP contribution in [0.4, 0.5) is 10.2 Å². The van der Waals surface area contributed by atoms with Gasteiger partial charge in [0, 0.05) is 12.5 Å². The Labute approximate surface area is 198 Å². The summed E-state index contributed by atoms with van der Waals surface area (Å²) < 4.78 is 21.1. The van der Waals surface area contributed by atoms with Crippen molar-refractivity contribution in [3.8, 4) is 11.1 Å². The van der Waals surface area contributed by atoms with E-state index in [0.717, 1.165) is 11.8 Å². The molecule has 2 aromatic carbocycles. The van der Waals surface area contributed by atoms with Gasteiger partial charge in [-0.1, -0.05) is 42.5 Å². The second kappa shape index (κ2) is 12.0. The number of carboxylic acids is 2. The van der Waals surface area contributed by atoms with Crippen LogP contribution in [0.25, 0.3) is 11.1 Å². The molecule has 3 aromatic rings. The third-order valence-corrected chi connectivity index (χ3v) is 4.89. The van der Waals surface area contributed by atoms with Gasteiger partial charge in [0.05, 0.1) is 5.92 Å². The lowest BCUT2D eigenvalue weighted by Gasteiger charge is -2.13. The molecule has 0 amide bonds. The molecule has 11 nitrogen and oxygen atoms in total. The highest BCUT2D eigenvalue weighted by Crippen LogP contribution is 2.26. The zero-order chi connectivity index (χ0) is 26.1. The summed E-state index contributed by atoms with van der Waals surface area (Å²) in [6.45, 7) is 3.33. The van der Waals surface area contributed by atoms with Crippen LogP contribution < -0.4 is 0 Å². The summed E-state index contributed by atoms with van der Waals surface area (Å²) in [4.78, 5) is 44.9. The number of hydrogen-bond donors (Lipinski definition) is 2. The maximum absolute atomic E-state index is 14.5. The monoisotopic (exact) mass is 487 g/mol. The van der Waals surface area contributed by atoms with Gasteiger partial charge in [-0.25, -0.2) is 23.5 Å². The van der Waals surface area contributed by atoms with Crippen LogP contribution in [0, 0.1) is 22.9 Å². The minimum atomic E-state index is -1.82. The Morgan fingerprint density at radius 3 is 2.31 bits per heavy atom. The van der Waals surface area contributed by atoms with Crippen molar-refractivity contribution in [1.82, 2.24) is 9.55 Å². The number of carbonyl (C=O) groups excluding carboxylic acids is 1. The number of aryl methyl sites for hydroxylation is 1. The normalized spacial score (nSPS) is 11.1. The quantitative estimate of drug-likeness (QED) is 0.220. The van der Waals surface area contributed by atoms with Crippen LogP contribution in [0.15, 0.2) is 54.7 Å². The third-order valence-electron chi connectivity index (χ3n) is 4.89. The fraction of sp³-hybridized carbons (Fsp3) is 0.217. The zero-order valence-corrected chi connectivity index (χ0v) is 18.8. The number of imidazole rings is 1. The lowest BCUT2D eigenvalue weighted by atomic mass is 9.97. The molecule has 2 N–H and O–H groups in total. The minimum Gasteiger partial charge on any atom is -0.473 e. The second-order valence-electron chi connectivity index (χ2n) is 7.18. The molecular formula is C23H22FN3O8. The first-order valence-corrected chi connectivity index (χ1v) is 10.2. The predicted molar refractivity (Wildman–Crippen MR) is 120 cm³/mol. The molecule has 0 aliphatic rings. The van der Waals surface area contributed by atoms with Crippen molar-refractivity contribution in [2.75, 3.05) is 6.61 Å². The number of halogens is 1. The Kier molecular flexibility index (Phi) is 9.15. The van der Waals surface area contributed by atoms with Crippen molar-refractivity contribution in [2.24, 2.45) is 0 Å². The smallest absolute Gasteiger partial charge is 0.414 e. The number of hydrogen-bond acceptors (Lipinski definition) is 7. The van der Waals surface area contributed by atoms with Crippen LogP contribution in [0.3, 0.4) is 0 Å². The van der Waals surface area contributed by atoms with Crippen LogP contribution in [0.2, 0.25) is 0 Å². The molecule has 1 atom stereocenters.